The minimum absolute atomic E-state index is 0.0280. The molecule has 1 atom stereocenters. The maximum absolute atomic E-state index is 12.7. The van der Waals surface area contributed by atoms with E-state index in [1.165, 1.54) is 4.90 Å². The second-order valence-electron chi connectivity index (χ2n) is 5.04. The predicted octanol–water partition coefficient (Wildman–Crippen LogP) is 2.95. The summed E-state index contributed by atoms with van der Waals surface area (Å²) in [5, 5.41) is 4.61. The third-order valence-electron chi connectivity index (χ3n) is 3.44. The van der Waals surface area contributed by atoms with E-state index < -0.39 is 0 Å². The largest absolute Gasteiger partial charge is 0.307 e. The fraction of sp³-hybridized carbons (Fsp3) is 0.333. The number of anilines is 1. The van der Waals surface area contributed by atoms with Crippen LogP contribution in [0.15, 0.2) is 41.6 Å². The van der Waals surface area contributed by atoms with Crippen LogP contribution in [0.5, 0.6) is 0 Å². The highest BCUT2D eigenvalue weighted by Crippen LogP contribution is 2.37. The molecule has 1 aromatic carbocycles. The Labute approximate surface area is 122 Å². The first-order valence-corrected chi connectivity index (χ1v) is 7.59. The molecule has 2 heterocycles. The molecule has 0 aliphatic carbocycles. The molecular formula is C15H17N3OS. The molecule has 1 aliphatic rings. The second-order valence-corrected chi connectivity index (χ2v) is 6.52. The van der Waals surface area contributed by atoms with Crippen molar-refractivity contribution >= 4 is 23.4 Å². The van der Waals surface area contributed by atoms with Gasteiger partial charge in [0.1, 0.15) is 0 Å². The number of amides is 1. The molecule has 2 aromatic rings. The molecular weight excluding hydrogens is 270 g/mol. The van der Waals surface area contributed by atoms with Crippen LogP contribution in [-0.2, 0) is 7.05 Å². The molecule has 1 aliphatic heterocycles. The topological polar surface area (TPSA) is 38.1 Å². The monoisotopic (exact) mass is 287 g/mol. The lowest BCUT2D eigenvalue weighted by molar-refractivity contribution is 0.0986. The lowest BCUT2D eigenvalue weighted by atomic mass is 10.2. The number of hydrogen-bond acceptors (Lipinski definition) is 3. The third-order valence-corrected chi connectivity index (χ3v) is 4.68. The van der Waals surface area contributed by atoms with Crippen molar-refractivity contribution in [2.45, 2.75) is 23.5 Å². The van der Waals surface area contributed by atoms with Crippen LogP contribution >= 0.6 is 11.8 Å². The van der Waals surface area contributed by atoms with E-state index in [2.05, 4.69) is 18.1 Å². The number of rotatable bonds is 1. The van der Waals surface area contributed by atoms with Gasteiger partial charge in [0.2, 0.25) is 0 Å². The molecule has 104 valence electrons. The number of hydrogen-bond donors (Lipinski definition) is 0. The van der Waals surface area contributed by atoms with E-state index >= 15 is 0 Å². The van der Waals surface area contributed by atoms with Crippen LogP contribution in [0.3, 0.4) is 0 Å². The Balaban J connectivity index is 1.99. The number of carbonyl (C=O) groups excluding carboxylic acids is 1. The van der Waals surface area contributed by atoms with Crippen LogP contribution in [0.2, 0.25) is 0 Å². The first-order chi connectivity index (χ1) is 9.65. The van der Waals surface area contributed by atoms with Gasteiger partial charge in [-0.15, -0.1) is 11.8 Å². The summed E-state index contributed by atoms with van der Waals surface area (Å²) in [6, 6.07) is 8.12. The summed E-state index contributed by atoms with van der Waals surface area (Å²) in [6.07, 6.45) is 4.39. The molecule has 0 N–H and O–H groups in total. The van der Waals surface area contributed by atoms with Crippen LogP contribution in [0.4, 0.5) is 5.69 Å². The summed E-state index contributed by atoms with van der Waals surface area (Å²) in [5.41, 5.74) is 1.65. The number of carbonyl (C=O) groups is 1. The zero-order valence-electron chi connectivity index (χ0n) is 11.6. The fourth-order valence-corrected chi connectivity index (χ4v) is 3.50. The standard InChI is InChI=1S/C15H17N3OS/c1-11-7-8-18(13-5-3-4-6-14(13)20-11)15(19)12-9-16-17(2)10-12/h3-6,9-11H,7-8H2,1-2H3. The van der Waals surface area contributed by atoms with Gasteiger partial charge in [0.15, 0.2) is 0 Å². The number of thioether (sulfide) groups is 1. The summed E-state index contributed by atoms with van der Waals surface area (Å²) in [6.45, 7) is 2.96. The molecule has 0 radical (unpaired) electrons. The number of aromatic nitrogens is 2. The van der Waals surface area contributed by atoms with E-state index in [1.807, 2.05) is 41.9 Å². The average Bonchev–Trinajstić information content (AvgIpc) is 2.79. The highest BCUT2D eigenvalue weighted by Gasteiger charge is 2.25. The lowest BCUT2D eigenvalue weighted by Gasteiger charge is -2.21. The number of para-hydroxylation sites is 1. The van der Waals surface area contributed by atoms with E-state index in [4.69, 9.17) is 0 Å². The summed E-state index contributed by atoms with van der Waals surface area (Å²) < 4.78 is 1.66. The van der Waals surface area contributed by atoms with Crippen molar-refractivity contribution in [2.24, 2.45) is 7.05 Å². The summed E-state index contributed by atoms with van der Waals surface area (Å²) >= 11 is 1.84. The molecule has 0 bridgehead atoms. The molecule has 0 spiro atoms. The van der Waals surface area contributed by atoms with E-state index in [0.717, 1.165) is 18.7 Å². The smallest absolute Gasteiger partial charge is 0.261 e. The van der Waals surface area contributed by atoms with Gasteiger partial charge in [-0.1, -0.05) is 19.1 Å². The quantitative estimate of drug-likeness (QED) is 0.809. The van der Waals surface area contributed by atoms with Crippen molar-refractivity contribution in [3.05, 3.63) is 42.2 Å². The van der Waals surface area contributed by atoms with Gasteiger partial charge in [0.05, 0.1) is 17.4 Å². The molecule has 3 rings (SSSR count). The molecule has 0 fully saturated rings. The Kier molecular flexibility index (Phi) is 3.53. The normalized spacial score (nSPS) is 18.5. The van der Waals surface area contributed by atoms with Gasteiger partial charge in [0.25, 0.3) is 5.91 Å². The number of benzene rings is 1. The van der Waals surface area contributed by atoms with E-state index in [1.54, 1.807) is 17.1 Å². The van der Waals surface area contributed by atoms with Gasteiger partial charge in [0, 0.05) is 29.9 Å². The fourth-order valence-electron chi connectivity index (χ4n) is 2.39. The lowest BCUT2D eigenvalue weighted by Crippen LogP contribution is -2.32. The summed E-state index contributed by atoms with van der Waals surface area (Å²) in [5.74, 6) is 0.0280. The SMILES string of the molecule is CC1CCN(C(=O)c2cnn(C)c2)c2ccccc2S1. The van der Waals surface area contributed by atoms with Crippen molar-refractivity contribution in [3.8, 4) is 0 Å². The number of aryl methyl sites for hydroxylation is 1. The average molecular weight is 287 g/mol. The highest BCUT2D eigenvalue weighted by atomic mass is 32.2. The highest BCUT2D eigenvalue weighted by molar-refractivity contribution is 8.00. The zero-order chi connectivity index (χ0) is 14.1. The third kappa shape index (κ3) is 2.45. The maximum Gasteiger partial charge on any atom is 0.261 e. The molecule has 4 nitrogen and oxygen atoms in total. The van der Waals surface area contributed by atoms with Gasteiger partial charge in [-0.2, -0.15) is 5.10 Å². The van der Waals surface area contributed by atoms with Crippen molar-refractivity contribution in [1.82, 2.24) is 9.78 Å². The predicted molar refractivity (Wildman–Crippen MR) is 81.3 cm³/mol. The molecule has 1 unspecified atom stereocenters. The van der Waals surface area contributed by atoms with Gasteiger partial charge in [-0.05, 0) is 18.6 Å². The first-order valence-electron chi connectivity index (χ1n) is 6.71. The molecule has 20 heavy (non-hydrogen) atoms. The van der Waals surface area contributed by atoms with Crippen LogP contribution in [0.1, 0.15) is 23.7 Å². The summed E-state index contributed by atoms with van der Waals surface area (Å²) in [7, 11) is 1.82. The van der Waals surface area contributed by atoms with Crippen molar-refractivity contribution in [2.75, 3.05) is 11.4 Å². The van der Waals surface area contributed by atoms with Gasteiger partial charge < -0.3 is 4.90 Å². The Morgan fingerprint density at radius 1 is 1.40 bits per heavy atom. The molecule has 0 saturated carbocycles. The van der Waals surface area contributed by atoms with Crippen molar-refractivity contribution in [3.63, 3.8) is 0 Å². The molecule has 1 amide bonds. The van der Waals surface area contributed by atoms with Crippen LogP contribution in [0, 0.1) is 0 Å². The Hall–Kier alpha value is -1.75. The molecule has 1 aromatic heterocycles. The second kappa shape index (κ2) is 5.32. The van der Waals surface area contributed by atoms with E-state index in [-0.39, 0.29) is 5.91 Å². The Morgan fingerprint density at radius 3 is 2.95 bits per heavy atom. The molecule has 0 saturated heterocycles. The minimum Gasteiger partial charge on any atom is -0.307 e. The number of nitrogens with zero attached hydrogens (tertiary/aromatic N) is 3. The van der Waals surface area contributed by atoms with Crippen LogP contribution in [-0.4, -0.2) is 27.5 Å². The van der Waals surface area contributed by atoms with E-state index in [9.17, 15) is 4.79 Å². The van der Waals surface area contributed by atoms with Gasteiger partial charge >= 0.3 is 0 Å². The van der Waals surface area contributed by atoms with Crippen LogP contribution < -0.4 is 4.90 Å². The van der Waals surface area contributed by atoms with Gasteiger partial charge in [-0.3, -0.25) is 9.48 Å². The minimum atomic E-state index is 0.0280. The molecule has 5 heteroatoms. The Bertz CT molecular complexity index is 638. The van der Waals surface area contributed by atoms with Crippen LogP contribution in [0.25, 0.3) is 0 Å². The van der Waals surface area contributed by atoms with Crippen molar-refractivity contribution < 1.29 is 4.79 Å². The zero-order valence-corrected chi connectivity index (χ0v) is 12.4. The van der Waals surface area contributed by atoms with E-state index in [0.29, 0.717) is 10.8 Å². The first kappa shape index (κ1) is 13.2. The maximum atomic E-state index is 12.7. The number of fused-ring (bicyclic) bond motifs is 1. The van der Waals surface area contributed by atoms with Crippen molar-refractivity contribution in [1.29, 1.82) is 0 Å². The summed E-state index contributed by atoms with van der Waals surface area (Å²) in [4.78, 5) is 15.8. The Morgan fingerprint density at radius 2 is 2.20 bits per heavy atom. The van der Waals surface area contributed by atoms with Gasteiger partial charge in [-0.25, -0.2) is 0 Å².